The molecule has 16 heavy (non-hydrogen) atoms. The maximum Gasteiger partial charge on any atom is 0.169 e. The molecule has 0 bridgehead atoms. The fourth-order valence-electron chi connectivity index (χ4n) is 1.34. The fourth-order valence-corrected chi connectivity index (χ4v) is 1.75. The quantitative estimate of drug-likeness (QED) is 0.585. The topological polar surface area (TPSA) is 30.5 Å². The van der Waals surface area contributed by atoms with Gasteiger partial charge in [-0.05, 0) is 24.0 Å². The molecule has 3 nitrogen and oxygen atoms in total. The highest BCUT2D eigenvalue weighted by Gasteiger charge is 2.03. The molecule has 0 atom stereocenters. The second kappa shape index (κ2) is 7.68. The standard InChI is InChI=1S/C12H19NO2S/c1-14-12(15-2)9-13-8-10-4-6-11(16-3)7-5-10/h4-7,12-13H,8-9H2,1-3H3. The molecule has 1 aromatic rings. The fraction of sp³-hybridized carbons (Fsp3) is 0.500. The van der Waals surface area contributed by atoms with Crippen LogP contribution in [-0.4, -0.2) is 33.3 Å². The predicted molar refractivity (Wildman–Crippen MR) is 67.7 cm³/mol. The van der Waals surface area contributed by atoms with E-state index in [2.05, 4.69) is 35.8 Å². The number of hydrogen-bond donors (Lipinski definition) is 1. The van der Waals surface area contributed by atoms with Crippen molar-refractivity contribution in [1.82, 2.24) is 5.32 Å². The highest BCUT2D eigenvalue weighted by Crippen LogP contribution is 2.14. The molecule has 0 saturated carbocycles. The first-order valence-electron chi connectivity index (χ1n) is 5.19. The first kappa shape index (κ1) is 13.5. The van der Waals surface area contributed by atoms with Crippen molar-refractivity contribution in [3.63, 3.8) is 0 Å². The number of rotatable bonds is 7. The van der Waals surface area contributed by atoms with Gasteiger partial charge in [0.1, 0.15) is 0 Å². The lowest BCUT2D eigenvalue weighted by molar-refractivity contribution is -0.0989. The average molecular weight is 241 g/mol. The lowest BCUT2D eigenvalue weighted by Gasteiger charge is -2.14. The molecule has 0 saturated heterocycles. The molecule has 1 N–H and O–H groups in total. The molecule has 0 radical (unpaired) electrons. The first-order chi connectivity index (χ1) is 7.80. The predicted octanol–water partition coefficient (Wildman–Crippen LogP) is 2.12. The molecule has 0 aliphatic rings. The highest BCUT2D eigenvalue weighted by molar-refractivity contribution is 7.98. The molecular formula is C12H19NO2S. The van der Waals surface area contributed by atoms with Crippen LogP contribution in [0.3, 0.4) is 0 Å². The van der Waals surface area contributed by atoms with Crippen molar-refractivity contribution in [3.8, 4) is 0 Å². The summed E-state index contributed by atoms with van der Waals surface area (Å²) in [6.07, 6.45) is 1.90. The van der Waals surface area contributed by atoms with Crippen molar-refractivity contribution < 1.29 is 9.47 Å². The summed E-state index contributed by atoms with van der Waals surface area (Å²) in [6.45, 7) is 1.52. The van der Waals surface area contributed by atoms with Gasteiger partial charge in [0.2, 0.25) is 0 Å². The Labute approximate surface area is 102 Å². The monoisotopic (exact) mass is 241 g/mol. The zero-order valence-electron chi connectivity index (χ0n) is 10.0. The third-order valence-electron chi connectivity index (χ3n) is 2.32. The summed E-state index contributed by atoms with van der Waals surface area (Å²) in [7, 11) is 3.28. The van der Waals surface area contributed by atoms with Crippen LogP contribution in [0.5, 0.6) is 0 Å². The van der Waals surface area contributed by atoms with Crippen molar-refractivity contribution in [3.05, 3.63) is 29.8 Å². The Kier molecular flexibility index (Phi) is 6.49. The van der Waals surface area contributed by atoms with Crippen LogP contribution < -0.4 is 5.32 Å². The smallest absolute Gasteiger partial charge is 0.169 e. The van der Waals surface area contributed by atoms with Crippen LogP contribution in [0, 0.1) is 0 Å². The Hall–Kier alpha value is -0.550. The maximum absolute atomic E-state index is 5.09. The lowest BCUT2D eigenvalue weighted by atomic mass is 10.2. The Morgan fingerprint density at radius 2 is 1.81 bits per heavy atom. The van der Waals surface area contributed by atoms with E-state index in [1.165, 1.54) is 10.5 Å². The Morgan fingerprint density at radius 1 is 1.19 bits per heavy atom. The molecular weight excluding hydrogens is 222 g/mol. The molecule has 0 aromatic heterocycles. The number of hydrogen-bond acceptors (Lipinski definition) is 4. The molecule has 0 aliphatic heterocycles. The number of nitrogens with one attached hydrogen (secondary N) is 1. The van der Waals surface area contributed by atoms with Crippen molar-refractivity contribution >= 4 is 11.8 Å². The number of ether oxygens (including phenoxy) is 2. The molecule has 0 fully saturated rings. The third kappa shape index (κ3) is 4.53. The van der Waals surface area contributed by atoms with Gasteiger partial charge in [-0.1, -0.05) is 12.1 Å². The minimum atomic E-state index is -0.175. The van der Waals surface area contributed by atoms with E-state index >= 15 is 0 Å². The van der Waals surface area contributed by atoms with Crippen LogP contribution in [0.4, 0.5) is 0 Å². The molecule has 0 spiro atoms. The van der Waals surface area contributed by atoms with Crippen molar-refractivity contribution in [2.45, 2.75) is 17.7 Å². The van der Waals surface area contributed by atoms with Crippen LogP contribution in [0.2, 0.25) is 0 Å². The minimum Gasteiger partial charge on any atom is -0.355 e. The molecule has 0 unspecified atom stereocenters. The Balaban J connectivity index is 2.31. The number of methoxy groups -OCH3 is 2. The second-order valence-corrected chi connectivity index (χ2v) is 4.26. The van der Waals surface area contributed by atoms with Crippen LogP contribution in [0.25, 0.3) is 0 Å². The van der Waals surface area contributed by atoms with Crippen LogP contribution >= 0.6 is 11.8 Å². The zero-order chi connectivity index (χ0) is 11.8. The van der Waals surface area contributed by atoms with Gasteiger partial charge in [-0.15, -0.1) is 11.8 Å². The highest BCUT2D eigenvalue weighted by atomic mass is 32.2. The summed E-state index contributed by atoms with van der Waals surface area (Å²) in [5.74, 6) is 0. The van der Waals surface area contributed by atoms with E-state index in [9.17, 15) is 0 Å². The van der Waals surface area contributed by atoms with E-state index in [0.29, 0.717) is 6.54 Å². The summed E-state index contributed by atoms with van der Waals surface area (Å²) in [5, 5.41) is 3.28. The average Bonchev–Trinajstić information content (AvgIpc) is 2.35. The van der Waals surface area contributed by atoms with Gasteiger partial charge in [0.15, 0.2) is 6.29 Å². The van der Waals surface area contributed by atoms with Gasteiger partial charge in [-0.3, -0.25) is 0 Å². The summed E-state index contributed by atoms with van der Waals surface area (Å²) >= 11 is 1.75. The third-order valence-corrected chi connectivity index (χ3v) is 3.07. The zero-order valence-corrected chi connectivity index (χ0v) is 10.8. The molecule has 90 valence electrons. The van der Waals surface area contributed by atoms with Gasteiger partial charge < -0.3 is 14.8 Å². The molecule has 0 aliphatic carbocycles. The van der Waals surface area contributed by atoms with Gasteiger partial charge in [0, 0.05) is 32.2 Å². The largest absolute Gasteiger partial charge is 0.355 e. The lowest BCUT2D eigenvalue weighted by Crippen LogP contribution is -2.29. The molecule has 4 heteroatoms. The second-order valence-electron chi connectivity index (χ2n) is 3.38. The SMILES string of the molecule is COC(CNCc1ccc(SC)cc1)OC. The van der Waals surface area contributed by atoms with Crippen LogP contribution in [0.1, 0.15) is 5.56 Å². The molecule has 0 heterocycles. The van der Waals surface area contributed by atoms with Crippen molar-refractivity contribution in [2.75, 3.05) is 27.0 Å². The van der Waals surface area contributed by atoms with Crippen LogP contribution in [-0.2, 0) is 16.0 Å². The van der Waals surface area contributed by atoms with Gasteiger partial charge in [0.05, 0.1) is 0 Å². The van der Waals surface area contributed by atoms with E-state index in [4.69, 9.17) is 9.47 Å². The normalized spacial score (nSPS) is 11.0. The van der Waals surface area contributed by atoms with E-state index < -0.39 is 0 Å². The van der Waals surface area contributed by atoms with Crippen molar-refractivity contribution in [2.24, 2.45) is 0 Å². The van der Waals surface area contributed by atoms with Gasteiger partial charge >= 0.3 is 0 Å². The van der Waals surface area contributed by atoms with Crippen molar-refractivity contribution in [1.29, 1.82) is 0 Å². The summed E-state index contributed by atoms with van der Waals surface area (Å²) < 4.78 is 10.2. The molecule has 0 amide bonds. The van der Waals surface area contributed by atoms with Crippen LogP contribution in [0.15, 0.2) is 29.2 Å². The van der Waals surface area contributed by atoms with E-state index in [1.54, 1.807) is 26.0 Å². The minimum absolute atomic E-state index is 0.175. The van der Waals surface area contributed by atoms with E-state index in [1.807, 2.05) is 0 Å². The number of benzene rings is 1. The maximum atomic E-state index is 5.09. The molecule has 1 aromatic carbocycles. The Bertz CT molecular complexity index is 286. The van der Waals surface area contributed by atoms with E-state index in [0.717, 1.165) is 6.54 Å². The summed E-state index contributed by atoms with van der Waals surface area (Å²) in [4.78, 5) is 1.29. The van der Waals surface area contributed by atoms with E-state index in [-0.39, 0.29) is 6.29 Å². The van der Waals surface area contributed by atoms with Gasteiger partial charge in [-0.25, -0.2) is 0 Å². The number of thioether (sulfide) groups is 1. The summed E-state index contributed by atoms with van der Waals surface area (Å²) in [5.41, 5.74) is 1.27. The van der Waals surface area contributed by atoms with Gasteiger partial charge in [0.25, 0.3) is 0 Å². The summed E-state index contributed by atoms with van der Waals surface area (Å²) in [6, 6.07) is 8.53. The first-order valence-corrected chi connectivity index (χ1v) is 6.42. The molecule has 1 rings (SSSR count). The Morgan fingerprint density at radius 3 is 2.31 bits per heavy atom. The van der Waals surface area contributed by atoms with Gasteiger partial charge in [-0.2, -0.15) is 0 Å².